The fraction of sp³-hybridized carbons (Fsp3) is 0.667. The first kappa shape index (κ1) is 12.3. The topological polar surface area (TPSA) is 71.2 Å². The van der Waals surface area contributed by atoms with Gasteiger partial charge in [-0.3, -0.25) is 0 Å². The summed E-state index contributed by atoms with van der Waals surface area (Å²) >= 11 is 0. The van der Waals surface area contributed by atoms with Gasteiger partial charge in [0.2, 0.25) is 0 Å². The van der Waals surface area contributed by atoms with Crippen LogP contribution >= 0.6 is 0 Å². The number of hydrogen-bond acceptors (Lipinski definition) is 6. The second kappa shape index (κ2) is 5.48. The van der Waals surface area contributed by atoms with Crippen LogP contribution in [0, 0.1) is 5.92 Å². The molecule has 0 aromatic carbocycles. The Bertz CT molecular complexity index is 532. The van der Waals surface area contributed by atoms with Gasteiger partial charge in [0.25, 0.3) is 0 Å². The Morgan fingerprint density at radius 2 is 2.21 bits per heavy atom. The number of anilines is 1. The number of fused-ring (bicyclic) bond motifs is 1. The van der Waals surface area contributed by atoms with Gasteiger partial charge in [-0.05, 0) is 61.3 Å². The summed E-state index contributed by atoms with van der Waals surface area (Å²) in [6.45, 7) is 6.42. The van der Waals surface area contributed by atoms with Gasteiger partial charge < -0.3 is 10.2 Å². The second-order valence-electron chi connectivity index (χ2n) is 4.95. The molecule has 7 nitrogen and oxygen atoms in total. The predicted octanol–water partition coefficient (Wildman–Crippen LogP) is 0.345. The van der Waals surface area contributed by atoms with Crippen LogP contribution in [0.4, 0.5) is 5.82 Å². The first-order valence-electron chi connectivity index (χ1n) is 6.88. The smallest absolute Gasteiger partial charge is 0.200 e. The fourth-order valence-corrected chi connectivity index (χ4v) is 2.57. The van der Waals surface area contributed by atoms with Crippen LogP contribution in [0.25, 0.3) is 5.65 Å². The first-order valence-corrected chi connectivity index (χ1v) is 6.88. The lowest BCUT2D eigenvalue weighted by Gasteiger charge is -2.29. The summed E-state index contributed by atoms with van der Waals surface area (Å²) in [6.07, 6.45) is 2.48. The van der Waals surface area contributed by atoms with Crippen molar-refractivity contribution in [2.75, 3.05) is 31.1 Å². The van der Waals surface area contributed by atoms with Crippen LogP contribution < -0.4 is 10.2 Å². The van der Waals surface area contributed by atoms with E-state index in [1.165, 1.54) is 17.5 Å². The molecule has 1 fully saturated rings. The Morgan fingerprint density at radius 1 is 1.37 bits per heavy atom. The molecule has 0 bridgehead atoms. The van der Waals surface area contributed by atoms with Crippen LogP contribution in [0.1, 0.15) is 19.8 Å². The molecule has 0 saturated carbocycles. The van der Waals surface area contributed by atoms with E-state index in [0.29, 0.717) is 5.65 Å². The van der Waals surface area contributed by atoms with Crippen molar-refractivity contribution >= 4 is 11.5 Å². The molecule has 3 heterocycles. The Hall–Kier alpha value is -1.76. The predicted molar refractivity (Wildman–Crippen MR) is 72.1 cm³/mol. The zero-order chi connectivity index (χ0) is 13.1. The minimum Gasteiger partial charge on any atom is -0.355 e. The van der Waals surface area contributed by atoms with E-state index >= 15 is 0 Å². The van der Waals surface area contributed by atoms with Gasteiger partial charge in [-0.1, -0.05) is 0 Å². The molecule has 7 heteroatoms. The summed E-state index contributed by atoms with van der Waals surface area (Å²) in [5.41, 5.74) is 0.682. The molecule has 3 rings (SSSR count). The third-order valence-corrected chi connectivity index (χ3v) is 3.70. The molecule has 2 aromatic heterocycles. The van der Waals surface area contributed by atoms with Crippen molar-refractivity contribution in [1.29, 1.82) is 0 Å². The Morgan fingerprint density at radius 3 is 3.00 bits per heavy atom. The summed E-state index contributed by atoms with van der Waals surface area (Å²) < 4.78 is 1.49. The molecular weight excluding hydrogens is 242 g/mol. The van der Waals surface area contributed by atoms with E-state index in [0.717, 1.165) is 37.9 Å². The summed E-state index contributed by atoms with van der Waals surface area (Å²) in [5, 5.41) is 19.2. The van der Waals surface area contributed by atoms with Crippen molar-refractivity contribution in [3.63, 3.8) is 0 Å². The van der Waals surface area contributed by atoms with Gasteiger partial charge in [0, 0.05) is 13.1 Å². The van der Waals surface area contributed by atoms with Crippen LogP contribution in [0.2, 0.25) is 0 Å². The number of piperidine rings is 1. The van der Waals surface area contributed by atoms with E-state index in [4.69, 9.17) is 0 Å². The van der Waals surface area contributed by atoms with Gasteiger partial charge in [-0.25, -0.2) is 0 Å². The molecule has 0 unspecified atom stereocenters. The first-order chi connectivity index (χ1) is 9.36. The van der Waals surface area contributed by atoms with Crippen LogP contribution in [0.5, 0.6) is 0 Å². The lowest BCUT2D eigenvalue weighted by atomic mass is 9.97. The summed E-state index contributed by atoms with van der Waals surface area (Å²) in [6, 6.07) is 3.91. The molecule has 1 saturated heterocycles. The monoisotopic (exact) mass is 261 g/mol. The van der Waals surface area contributed by atoms with E-state index in [1.807, 2.05) is 12.1 Å². The number of rotatable bonds is 4. The van der Waals surface area contributed by atoms with Crippen LogP contribution in [0.15, 0.2) is 12.1 Å². The molecular formula is C12H19N7. The largest absolute Gasteiger partial charge is 0.355 e. The molecule has 0 aliphatic carbocycles. The average molecular weight is 261 g/mol. The van der Waals surface area contributed by atoms with Gasteiger partial charge in [0.15, 0.2) is 11.5 Å². The van der Waals surface area contributed by atoms with Crippen molar-refractivity contribution in [3.05, 3.63) is 12.1 Å². The maximum absolute atomic E-state index is 4.46. The second-order valence-corrected chi connectivity index (χ2v) is 4.95. The molecule has 19 heavy (non-hydrogen) atoms. The molecule has 102 valence electrons. The molecule has 1 aliphatic rings. The highest BCUT2D eigenvalue weighted by molar-refractivity contribution is 5.44. The van der Waals surface area contributed by atoms with E-state index in [9.17, 15) is 0 Å². The maximum atomic E-state index is 4.46. The third-order valence-electron chi connectivity index (χ3n) is 3.70. The van der Waals surface area contributed by atoms with Gasteiger partial charge in [-0.15, -0.1) is 14.8 Å². The minimum atomic E-state index is 0.682. The fourth-order valence-electron chi connectivity index (χ4n) is 2.57. The van der Waals surface area contributed by atoms with Crippen molar-refractivity contribution in [2.24, 2.45) is 5.92 Å². The van der Waals surface area contributed by atoms with Crippen molar-refractivity contribution in [1.82, 2.24) is 30.6 Å². The summed E-state index contributed by atoms with van der Waals surface area (Å²) in [4.78, 5) is 2.30. The molecule has 1 N–H and O–H groups in total. The van der Waals surface area contributed by atoms with Gasteiger partial charge in [0.05, 0.1) is 0 Å². The van der Waals surface area contributed by atoms with Crippen LogP contribution in [-0.4, -0.2) is 51.4 Å². The highest BCUT2D eigenvalue weighted by atomic mass is 15.6. The molecule has 0 radical (unpaired) electrons. The number of nitrogens with one attached hydrogen (secondary N) is 1. The SMILES string of the molecule is CCN(CC1CCNCC1)c1ccc2nnnn2n1. The highest BCUT2D eigenvalue weighted by Crippen LogP contribution is 2.17. The maximum Gasteiger partial charge on any atom is 0.200 e. The zero-order valence-electron chi connectivity index (χ0n) is 11.2. The Labute approximate surface area is 112 Å². The van der Waals surface area contributed by atoms with Crippen LogP contribution in [-0.2, 0) is 0 Å². The van der Waals surface area contributed by atoms with Crippen molar-refractivity contribution < 1.29 is 0 Å². The number of tetrazole rings is 1. The van der Waals surface area contributed by atoms with E-state index in [2.05, 4.69) is 37.8 Å². The normalized spacial score (nSPS) is 16.9. The van der Waals surface area contributed by atoms with Crippen LogP contribution in [0.3, 0.4) is 0 Å². The minimum absolute atomic E-state index is 0.682. The average Bonchev–Trinajstić information content (AvgIpc) is 2.93. The van der Waals surface area contributed by atoms with Gasteiger partial charge in [-0.2, -0.15) is 0 Å². The molecule has 0 amide bonds. The van der Waals surface area contributed by atoms with Crippen molar-refractivity contribution in [2.45, 2.75) is 19.8 Å². The Kier molecular flexibility index (Phi) is 3.54. The van der Waals surface area contributed by atoms with E-state index in [1.54, 1.807) is 0 Å². The summed E-state index contributed by atoms with van der Waals surface area (Å²) in [7, 11) is 0. The number of aromatic nitrogens is 5. The Balaban J connectivity index is 1.76. The summed E-state index contributed by atoms with van der Waals surface area (Å²) in [5.74, 6) is 1.69. The lowest BCUT2D eigenvalue weighted by molar-refractivity contribution is 0.373. The van der Waals surface area contributed by atoms with E-state index in [-0.39, 0.29) is 0 Å². The van der Waals surface area contributed by atoms with Gasteiger partial charge >= 0.3 is 0 Å². The molecule has 0 atom stereocenters. The van der Waals surface area contributed by atoms with Crippen molar-refractivity contribution in [3.8, 4) is 0 Å². The molecule has 2 aromatic rings. The van der Waals surface area contributed by atoms with Gasteiger partial charge in [0.1, 0.15) is 0 Å². The standard InChI is InChI=1S/C12H19N7/c1-2-18(9-10-5-7-13-8-6-10)12-4-3-11-14-16-17-19(11)15-12/h3-4,10,13H,2,5-9H2,1H3. The quantitative estimate of drug-likeness (QED) is 0.856. The third kappa shape index (κ3) is 2.65. The molecule has 0 spiro atoms. The molecule has 1 aliphatic heterocycles. The lowest BCUT2D eigenvalue weighted by Crippen LogP contribution is -2.36. The highest BCUT2D eigenvalue weighted by Gasteiger charge is 2.17. The number of hydrogen-bond donors (Lipinski definition) is 1. The zero-order valence-corrected chi connectivity index (χ0v) is 11.2. The number of nitrogens with zero attached hydrogens (tertiary/aromatic N) is 6. The van der Waals surface area contributed by atoms with E-state index < -0.39 is 0 Å².